The van der Waals surface area contributed by atoms with Gasteiger partial charge >= 0.3 is 0 Å². The highest BCUT2D eigenvalue weighted by Crippen LogP contribution is 2.38. The van der Waals surface area contributed by atoms with Crippen LogP contribution in [0, 0.1) is 17.8 Å². The lowest BCUT2D eigenvalue weighted by atomic mass is 10.1. The van der Waals surface area contributed by atoms with E-state index in [-0.39, 0.29) is 0 Å². The van der Waals surface area contributed by atoms with Crippen LogP contribution in [0.5, 0.6) is 0 Å². The van der Waals surface area contributed by atoms with Gasteiger partial charge < -0.3 is 9.47 Å². The number of hydrogen-bond acceptors (Lipinski definition) is 2. The van der Waals surface area contributed by atoms with Crippen LogP contribution in [0.25, 0.3) is 0 Å². The zero-order valence-electron chi connectivity index (χ0n) is 10.5. The molecule has 3 unspecified atom stereocenters. The maximum absolute atomic E-state index is 5.29. The van der Waals surface area contributed by atoms with Gasteiger partial charge in [0.2, 0.25) is 0 Å². The molecule has 0 N–H and O–H groups in total. The molecule has 92 valence electrons. The molecule has 2 aliphatic carbocycles. The summed E-state index contributed by atoms with van der Waals surface area (Å²) in [6.45, 7) is 6.84. The third-order valence-corrected chi connectivity index (χ3v) is 3.33. The highest BCUT2D eigenvalue weighted by molar-refractivity contribution is 5.06. The smallest absolute Gasteiger partial charge is 0.104 e. The Bertz CT molecular complexity index is 217. The van der Waals surface area contributed by atoms with E-state index < -0.39 is 0 Å². The molecule has 3 atom stereocenters. The Hall–Kier alpha value is -0.340. The summed E-state index contributed by atoms with van der Waals surface area (Å²) in [4.78, 5) is 0. The van der Waals surface area contributed by atoms with Crippen LogP contribution in [0.15, 0.2) is 12.2 Å². The van der Waals surface area contributed by atoms with Crippen molar-refractivity contribution in [2.24, 2.45) is 17.8 Å². The maximum Gasteiger partial charge on any atom is 0.104 e. The van der Waals surface area contributed by atoms with Gasteiger partial charge in [0.15, 0.2) is 0 Å². The average Bonchev–Trinajstić information content (AvgIpc) is 2.83. The largest absolute Gasteiger partial charge is 0.378 e. The number of fused-ring (bicyclic) bond motifs is 2. The van der Waals surface area contributed by atoms with Crippen molar-refractivity contribution < 1.29 is 9.47 Å². The first-order valence-electron chi connectivity index (χ1n) is 6.61. The summed E-state index contributed by atoms with van der Waals surface area (Å²) >= 11 is 0. The van der Waals surface area contributed by atoms with Crippen LogP contribution in [0.4, 0.5) is 0 Å². The Kier molecular flexibility index (Phi) is 4.42. The molecule has 2 fully saturated rings. The Morgan fingerprint density at radius 3 is 2.19 bits per heavy atom. The molecule has 3 rings (SSSR count). The summed E-state index contributed by atoms with van der Waals surface area (Å²) in [5.41, 5.74) is 0. The minimum absolute atomic E-state index is 0.420. The van der Waals surface area contributed by atoms with Gasteiger partial charge in [-0.15, -0.1) is 0 Å². The van der Waals surface area contributed by atoms with Crippen molar-refractivity contribution in [3.8, 4) is 0 Å². The van der Waals surface area contributed by atoms with Crippen LogP contribution >= 0.6 is 0 Å². The van der Waals surface area contributed by atoms with Gasteiger partial charge in [0.25, 0.3) is 0 Å². The first kappa shape index (κ1) is 12.1. The molecule has 0 amide bonds. The monoisotopic (exact) mass is 224 g/mol. The minimum Gasteiger partial charge on any atom is -0.378 e. The molecule has 16 heavy (non-hydrogen) atoms. The lowest BCUT2D eigenvalue weighted by Crippen LogP contribution is -2.06. The van der Waals surface area contributed by atoms with Gasteiger partial charge in [0.1, 0.15) is 6.10 Å². The molecule has 0 spiro atoms. The van der Waals surface area contributed by atoms with E-state index in [1.807, 2.05) is 0 Å². The fourth-order valence-electron chi connectivity index (χ4n) is 2.32. The fourth-order valence-corrected chi connectivity index (χ4v) is 2.32. The summed E-state index contributed by atoms with van der Waals surface area (Å²) < 4.78 is 10.3. The normalized spacial score (nSPS) is 34.1. The van der Waals surface area contributed by atoms with Crippen molar-refractivity contribution in [2.45, 2.75) is 39.2 Å². The van der Waals surface area contributed by atoms with E-state index in [9.17, 15) is 0 Å². The van der Waals surface area contributed by atoms with Crippen LogP contribution in [0.1, 0.15) is 33.1 Å². The van der Waals surface area contributed by atoms with Crippen LogP contribution in [0.3, 0.4) is 0 Å². The fraction of sp³-hybridized carbons (Fsp3) is 0.857. The Balaban J connectivity index is 0.000000123. The minimum atomic E-state index is 0.420. The third-order valence-electron chi connectivity index (χ3n) is 3.33. The topological polar surface area (TPSA) is 21.8 Å². The second-order valence-corrected chi connectivity index (χ2v) is 5.60. The van der Waals surface area contributed by atoms with E-state index in [0.29, 0.717) is 12.0 Å². The summed E-state index contributed by atoms with van der Waals surface area (Å²) in [5.74, 6) is 2.62. The Morgan fingerprint density at radius 2 is 1.88 bits per heavy atom. The predicted molar refractivity (Wildman–Crippen MR) is 65.4 cm³/mol. The van der Waals surface area contributed by atoms with E-state index in [2.05, 4.69) is 26.0 Å². The molecule has 2 nitrogen and oxygen atoms in total. The molecule has 2 heteroatoms. The van der Waals surface area contributed by atoms with E-state index in [4.69, 9.17) is 9.47 Å². The van der Waals surface area contributed by atoms with Crippen molar-refractivity contribution in [3.63, 3.8) is 0 Å². The number of epoxide rings is 1. The van der Waals surface area contributed by atoms with Crippen LogP contribution in [-0.2, 0) is 9.47 Å². The van der Waals surface area contributed by atoms with Gasteiger partial charge in [0.05, 0.1) is 13.2 Å². The SMILES string of the molecule is C1=CC2CCC1C2.CC(C)COCC1CO1. The van der Waals surface area contributed by atoms with Crippen LogP contribution < -0.4 is 0 Å². The zero-order valence-corrected chi connectivity index (χ0v) is 10.5. The van der Waals surface area contributed by atoms with Crippen molar-refractivity contribution >= 4 is 0 Å². The molecule has 1 aliphatic heterocycles. The number of allylic oxidation sites excluding steroid dienone is 2. The number of hydrogen-bond donors (Lipinski definition) is 0. The lowest BCUT2D eigenvalue weighted by molar-refractivity contribution is 0.0952. The molecule has 0 radical (unpaired) electrons. The first-order valence-corrected chi connectivity index (χ1v) is 6.61. The van der Waals surface area contributed by atoms with E-state index in [1.165, 1.54) is 19.3 Å². The molecule has 0 aromatic rings. The predicted octanol–water partition coefficient (Wildman–Crippen LogP) is 3.03. The molecule has 1 saturated heterocycles. The van der Waals surface area contributed by atoms with Crippen LogP contribution in [0.2, 0.25) is 0 Å². The molecule has 1 saturated carbocycles. The lowest BCUT2D eigenvalue weighted by Gasteiger charge is -2.03. The maximum atomic E-state index is 5.29. The van der Waals surface area contributed by atoms with Gasteiger partial charge in [-0.25, -0.2) is 0 Å². The Labute approximate surface area is 99.0 Å². The number of rotatable bonds is 4. The second kappa shape index (κ2) is 5.83. The molecule has 1 heterocycles. The number of ether oxygens (including phenoxy) is 2. The van der Waals surface area contributed by atoms with Crippen molar-refractivity contribution in [2.75, 3.05) is 19.8 Å². The van der Waals surface area contributed by atoms with E-state index in [0.717, 1.165) is 31.7 Å². The molecule has 2 bridgehead atoms. The molecule has 0 aromatic heterocycles. The van der Waals surface area contributed by atoms with Crippen molar-refractivity contribution in [1.29, 1.82) is 0 Å². The van der Waals surface area contributed by atoms with E-state index >= 15 is 0 Å². The molecule has 0 aromatic carbocycles. The summed E-state index contributed by atoms with van der Waals surface area (Å²) in [6.07, 6.45) is 9.61. The van der Waals surface area contributed by atoms with Crippen molar-refractivity contribution in [3.05, 3.63) is 12.2 Å². The van der Waals surface area contributed by atoms with Gasteiger partial charge in [-0.05, 0) is 37.0 Å². The van der Waals surface area contributed by atoms with Gasteiger partial charge in [0, 0.05) is 6.61 Å². The standard InChI is InChI=1S/C7H14O2.C7H10/c1-6(2)3-8-4-7-5-9-7;1-2-7-4-3-6(1)5-7/h6-7H,3-5H2,1-2H3;1-2,6-7H,3-5H2. The van der Waals surface area contributed by atoms with Gasteiger partial charge in [-0.2, -0.15) is 0 Å². The summed E-state index contributed by atoms with van der Waals surface area (Å²) in [6, 6.07) is 0. The third kappa shape index (κ3) is 4.26. The molecular weight excluding hydrogens is 200 g/mol. The average molecular weight is 224 g/mol. The molecular formula is C14H24O2. The van der Waals surface area contributed by atoms with Gasteiger partial charge in [-0.1, -0.05) is 26.0 Å². The summed E-state index contributed by atoms with van der Waals surface area (Å²) in [5, 5.41) is 0. The summed E-state index contributed by atoms with van der Waals surface area (Å²) in [7, 11) is 0. The highest BCUT2D eigenvalue weighted by Gasteiger charge is 2.25. The molecule has 3 aliphatic rings. The van der Waals surface area contributed by atoms with Crippen LogP contribution in [-0.4, -0.2) is 25.9 Å². The quantitative estimate of drug-likeness (QED) is 0.541. The van der Waals surface area contributed by atoms with Crippen molar-refractivity contribution in [1.82, 2.24) is 0 Å². The first-order chi connectivity index (χ1) is 7.74. The zero-order chi connectivity index (χ0) is 11.4. The second-order valence-electron chi connectivity index (χ2n) is 5.60. The Morgan fingerprint density at radius 1 is 1.25 bits per heavy atom. The highest BCUT2D eigenvalue weighted by atomic mass is 16.6. The van der Waals surface area contributed by atoms with E-state index in [1.54, 1.807) is 0 Å². The van der Waals surface area contributed by atoms with Gasteiger partial charge in [-0.3, -0.25) is 0 Å².